The number of ketones is 2. The molecule has 4 aromatic rings. The Morgan fingerprint density at radius 2 is 1.86 bits per heavy atom. The van der Waals surface area contributed by atoms with Gasteiger partial charge >= 0.3 is 5.91 Å². The minimum Gasteiger partial charge on any atom is -0.505 e. The fourth-order valence-electron chi connectivity index (χ4n) is 4.55. The zero-order valence-electron chi connectivity index (χ0n) is 20.3. The van der Waals surface area contributed by atoms with Gasteiger partial charge in [-0.3, -0.25) is 23.7 Å². The summed E-state index contributed by atoms with van der Waals surface area (Å²) in [7, 11) is 1.38. The SMILES string of the molecule is COc1cc(C2/C(=C(\O)c3c(C)nc4ccccn34)C(=O)C(=O)N2c2nc(C)c(C(C)=O)s2)ccc1O. The first-order valence-electron chi connectivity index (χ1n) is 11.2. The van der Waals surface area contributed by atoms with Crippen molar-refractivity contribution >= 4 is 45.3 Å². The fourth-order valence-corrected chi connectivity index (χ4v) is 5.54. The summed E-state index contributed by atoms with van der Waals surface area (Å²) in [4.78, 5) is 49.4. The number of carbonyl (C=O) groups is 3. The molecule has 1 amide bonds. The number of rotatable bonds is 5. The van der Waals surface area contributed by atoms with E-state index in [0.29, 0.717) is 27.5 Å². The number of hydrogen-bond donors (Lipinski definition) is 2. The topological polar surface area (TPSA) is 134 Å². The number of aromatic nitrogens is 3. The average molecular weight is 519 g/mol. The average Bonchev–Trinajstić information content (AvgIpc) is 3.49. The second-order valence-corrected chi connectivity index (χ2v) is 9.52. The highest BCUT2D eigenvalue weighted by molar-refractivity contribution is 7.18. The number of phenols is 1. The zero-order valence-corrected chi connectivity index (χ0v) is 21.2. The molecule has 3 aromatic heterocycles. The lowest BCUT2D eigenvalue weighted by Crippen LogP contribution is -2.29. The van der Waals surface area contributed by atoms with E-state index in [9.17, 15) is 24.6 Å². The van der Waals surface area contributed by atoms with E-state index >= 15 is 0 Å². The Labute approximate surface area is 215 Å². The number of benzene rings is 1. The number of aryl methyl sites for hydroxylation is 2. The van der Waals surface area contributed by atoms with Gasteiger partial charge in [-0.15, -0.1) is 0 Å². The number of pyridine rings is 1. The maximum atomic E-state index is 13.5. The van der Waals surface area contributed by atoms with Gasteiger partial charge in [-0.2, -0.15) is 0 Å². The molecule has 37 heavy (non-hydrogen) atoms. The molecule has 5 rings (SSSR count). The minimum atomic E-state index is -1.12. The summed E-state index contributed by atoms with van der Waals surface area (Å²) in [6.45, 7) is 4.74. The summed E-state index contributed by atoms with van der Waals surface area (Å²) >= 11 is 0.989. The summed E-state index contributed by atoms with van der Waals surface area (Å²) in [6.07, 6.45) is 1.70. The molecule has 1 aliphatic heterocycles. The summed E-state index contributed by atoms with van der Waals surface area (Å²) < 4.78 is 6.88. The Morgan fingerprint density at radius 3 is 2.54 bits per heavy atom. The Bertz CT molecular complexity index is 1650. The standard InChI is InChI=1S/C26H22N4O6S/c1-12-20(29-10-6-5-7-18(29)27-12)22(33)19-21(15-8-9-16(32)17(11-15)36-4)30(25(35)23(19)34)26-28-13(2)24(37-26)14(3)31/h5-11,21,32-33H,1-4H3/b22-19+. The number of thiazole rings is 1. The number of amides is 1. The highest BCUT2D eigenvalue weighted by Crippen LogP contribution is 2.45. The lowest BCUT2D eigenvalue weighted by molar-refractivity contribution is -0.132. The van der Waals surface area contributed by atoms with Crippen molar-refractivity contribution in [3.63, 3.8) is 0 Å². The number of imidazole rings is 1. The second kappa shape index (κ2) is 8.86. The van der Waals surface area contributed by atoms with Crippen molar-refractivity contribution in [1.29, 1.82) is 0 Å². The number of Topliss-reactive ketones (excluding diaryl/α,β-unsaturated/α-hetero) is 2. The van der Waals surface area contributed by atoms with E-state index in [-0.39, 0.29) is 33.7 Å². The van der Waals surface area contributed by atoms with Gasteiger partial charge in [-0.25, -0.2) is 9.97 Å². The van der Waals surface area contributed by atoms with E-state index in [2.05, 4.69) is 9.97 Å². The van der Waals surface area contributed by atoms with E-state index in [1.807, 2.05) is 0 Å². The predicted molar refractivity (Wildman–Crippen MR) is 136 cm³/mol. The van der Waals surface area contributed by atoms with Crippen LogP contribution in [-0.4, -0.2) is 49.2 Å². The number of aliphatic hydroxyl groups excluding tert-OH is 1. The number of nitrogens with zero attached hydrogens (tertiary/aromatic N) is 4. The summed E-state index contributed by atoms with van der Waals surface area (Å²) in [5, 5.41) is 21.9. The van der Waals surface area contributed by atoms with Crippen molar-refractivity contribution in [2.24, 2.45) is 0 Å². The molecule has 1 aromatic carbocycles. The molecular formula is C26H22N4O6S. The first-order valence-corrected chi connectivity index (χ1v) is 12.1. The van der Waals surface area contributed by atoms with E-state index in [1.165, 1.54) is 37.1 Å². The van der Waals surface area contributed by atoms with Gasteiger partial charge in [0.05, 0.1) is 35.0 Å². The van der Waals surface area contributed by atoms with Gasteiger partial charge in [0, 0.05) is 13.1 Å². The molecule has 0 spiro atoms. The van der Waals surface area contributed by atoms with Gasteiger partial charge in [-0.1, -0.05) is 23.5 Å². The molecule has 10 nitrogen and oxygen atoms in total. The molecule has 11 heteroatoms. The number of phenolic OH excluding ortho intramolecular Hbond substituents is 1. The molecule has 4 heterocycles. The maximum Gasteiger partial charge on any atom is 0.301 e. The zero-order chi connectivity index (χ0) is 26.6. The second-order valence-electron chi connectivity index (χ2n) is 8.54. The number of methoxy groups -OCH3 is 1. The molecule has 2 N–H and O–H groups in total. The summed E-state index contributed by atoms with van der Waals surface area (Å²) in [6, 6.07) is 8.59. The summed E-state index contributed by atoms with van der Waals surface area (Å²) in [5.74, 6) is -2.47. The number of ether oxygens (including phenoxy) is 1. The molecule has 188 valence electrons. The highest BCUT2D eigenvalue weighted by Gasteiger charge is 2.49. The number of fused-ring (bicyclic) bond motifs is 1. The first kappa shape index (κ1) is 24.2. The van der Waals surface area contributed by atoms with E-state index in [1.54, 1.807) is 42.6 Å². The Hall–Kier alpha value is -4.51. The first-order chi connectivity index (χ1) is 17.6. The van der Waals surface area contributed by atoms with Crippen molar-refractivity contribution < 1.29 is 29.3 Å². The van der Waals surface area contributed by atoms with Gasteiger partial charge in [0.1, 0.15) is 11.3 Å². The molecule has 0 saturated carbocycles. The third-order valence-corrected chi connectivity index (χ3v) is 7.46. The number of anilines is 1. The molecule has 1 atom stereocenters. The van der Waals surface area contributed by atoms with Crippen LogP contribution in [0.4, 0.5) is 5.13 Å². The molecule has 1 unspecified atom stereocenters. The van der Waals surface area contributed by atoms with E-state index in [0.717, 1.165) is 11.3 Å². The number of aromatic hydroxyl groups is 1. The molecule has 1 aliphatic rings. The van der Waals surface area contributed by atoms with Crippen LogP contribution >= 0.6 is 11.3 Å². The van der Waals surface area contributed by atoms with Crippen LogP contribution in [0.3, 0.4) is 0 Å². The van der Waals surface area contributed by atoms with Crippen molar-refractivity contribution in [3.8, 4) is 11.5 Å². The van der Waals surface area contributed by atoms with Crippen LogP contribution in [-0.2, 0) is 9.59 Å². The Kier molecular flexibility index (Phi) is 5.79. The maximum absolute atomic E-state index is 13.5. The summed E-state index contributed by atoms with van der Waals surface area (Å²) in [5.41, 5.74) is 1.92. The Morgan fingerprint density at radius 1 is 1.11 bits per heavy atom. The van der Waals surface area contributed by atoms with Crippen molar-refractivity contribution in [2.75, 3.05) is 12.0 Å². The smallest absolute Gasteiger partial charge is 0.301 e. The van der Waals surface area contributed by atoms with E-state index < -0.39 is 23.5 Å². The van der Waals surface area contributed by atoms with Crippen LogP contribution in [0, 0.1) is 13.8 Å². The molecule has 1 saturated heterocycles. The fraction of sp³-hybridized carbons (Fsp3) is 0.192. The van der Waals surface area contributed by atoms with Crippen molar-refractivity contribution in [2.45, 2.75) is 26.8 Å². The van der Waals surface area contributed by atoms with Gasteiger partial charge in [0.15, 0.2) is 28.2 Å². The largest absolute Gasteiger partial charge is 0.505 e. The molecule has 0 radical (unpaired) electrons. The predicted octanol–water partition coefficient (Wildman–Crippen LogP) is 3.95. The highest BCUT2D eigenvalue weighted by atomic mass is 32.1. The third-order valence-electron chi connectivity index (χ3n) is 6.20. The van der Waals surface area contributed by atoms with Crippen LogP contribution in [0.1, 0.15) is 45.3 Å². The van der Waals surface area contributed by atoms with Crippen LogP contribution < -0.4 is 9.64 Å². The molecule has 0 aliphatic carbocycles. The van der Waals surface area contributed by atoms with Gasteiger partial charge in [0.2, 0.25) is 0 Å². The normalized spacial score (nSPS) is 17.1. The van der Waals surface area contributed by atoms with Crippen molar-refractivity contribution in [1.82, 2.24) is 14.4 Å². The number of hydrogen-bond acceptors (Lipinski definition) is 9. The minimum absolute atomic E-state index is 0.119. The number of carbonyl (C=O) groups excluding carboxylic acids is 3. The van der Waals surface area contributed by atoms with Crippen LogP contribution in [0.15, 0.2) is 48.2 Å². The van der Waals surface area contributed by atoms with Gasteiger partial charge in [-0.05, 0) is 43.7 Å². The molecule has 1 fully saturated rings. The quantitative estimate of drug-likeness (QED) is 0.176. The Balaban J connectivity index is 1.80. The lowest BCUT2D eigenvalue weighted by atomic mass is 9.96. The third kappa shape index (κ3) is 3.75. The van der Waals surface area contributed by atoms with Gasteiger partial charge in [0.25, 0.3) is 5.78 Å². The van der Waals surface area contributed by atoms with Crippen LogP contribution in [0.5, 0.6) is 11.5 Å². The molecule has 0 bridgehead atoms. The van der Waals surface area contributed by atoms with Gasteiger partial charge < -0.3 is 14.9 Å². The van der Waals surface area contributed by atoms with E-state index in [4.69, 9.17) is 4.74 Å². The van der Waals surface area contributed by atoms with Crippen molar-refractivity contribution in [3.05, 3.63) is 75.7 Å². The van der Waals surface area contributed by atoms with Crippen LogP contribution in [0.2, 0.25) is 0 Å². The van der Waals surface area contributed by atoms with Crippen LogP contribution in [0.25, 0.3) is 11.4 Å². The molecular weight excluding hydrogens is 496 g/mol. The lowest BCUT2D eigenvalue weighted by Gasteiger charge is -2.23. The number of aliphatic hydroxyl groups is 1. The monoisotopic (exact) mass is 518 g/mol.